The summed E-state index contributed by atoms with van der Waals surface area (Å²) in [5, 5.41) is 34.1. The van der Waals surface area contributed by atoms with E-state index < -0.39 is 73.0 Å². The molecule has 0 saturated carbocycles. The third-order valence-electron chi connectivity index (χ3n) is 14.1. The van der Waals surface area contributed by atoms with E-state index in [-0.39, 0.29) is 60.6 Å². The molecule has 0 radical (unpaired) electrons. The number of phenols is 1. The number of carbonyl (C=O) groups is 2. The molecule has 16 nitrogen and oxygen atoms in total. The van der Waals surface area contributed by atoms with Crippen LogP contribution in [0.25, 0.3) is 0 Å². The highest BCUT2D eigenvalue weighted by Gasteiger charge is 2.56. The maximum Gasteiger partial charge on any atom is 0.519 e. The minimum atomic E-state index is -1.50. The van der Waals surface area contributed by atoms with Gasteiger partial charge in [0.05, 0.1) is 39.5 Å². The van der Waals surface area contributed by atoms with Crippen LogP contribution < -0.4 is 28.4 Å². The number of methoxy groups -OCH3 is 2. The fourth-order valence-corrected chi connectivity index (χ4v) is 10.7. The number of aliphatic hydroxyl groups is 2. The number of cyclic esters (lactones) is 1. The average molecular weight is 929 g/mol. The van der Waals surface area contributed by atoms with Crippen LogP contribution in [-0.2, 0) is 34.9 Å². The zero-order valence-corrected chi connectivity index (χ0v) is 38.7. The molecule has 4 heterocycles. The van der Waals surface area contributed by atoms with Crippen LogP contribution in [0, 0.1) is 17.8 Å². The Morgan fingerprint density at radius 3 is 2.33 bits per heavy atom. The number of carbonyl (C=O) groups excluding carboxylic acids is 2. The second-order valence-corrected chi connectivity index (χ2v) is 18.4. The SMILES string of the molecule is C=C(C)C1CCC(C)=CC1c1c(O)cc(CCCCC)cc1OC(=O)Oc1c(OC)cc([C@@H]2c3cc4c(cc3[C@@H](OC3O[C@@H]5CO[C@@H](C)O[C@H]5[C@H](O)[C@H]3O)[C@H]3COC(=O)[C@H]23)OCO4)cc1OC. The van der Waals surface area contributed by atoms with Crippen LogP contribution in [0.15, 0.2) is 60.2 Å². The maximum atomic E-state index is 14.1. The molecule has 3 unspecified atom stereocenters. The molecule has 2 aliphatic carbocycles. The lowest BCUT2D eigenvalue weighted by molar-refractivity contribution is -0.364. The van der Waals surface area contributed by atoms with Crippen molar-refractivity contribution in [3.05, 3.63) is 88.0 Å². The van der Waals surface area contributed by atoms with E-state index in [2.05, 4.69) is 26.5 Å². The smallest absolute Gasteiger partial charge is 0.507 e. The number of hydrogen-bond acceptors (Lipinski definition) is 16. The first-order chi connectivity index (χ1) is 32.3. The summed E-state index contributed by atoms with van der Waals surface area (Å²) in [7, 11) is 2.84. The van der Waals surface area contributed by atoms with E-state index in [0.717, 1.165) is 48.8 Å². The van der Waals surface area contributed by atoms with Gasteiger partial charge in [0.1, 0.15) is 35.9 Å². The predicted octanol–water partition coefficient (Wildman–Crippen LogP) is 7.67. The van der Waals surface area contributed by atoms with Gasteiger partial charge in [-0.2, -0.15) is 0 Å². The second-order valence-electron chi connectivity index (χ2n) is 18.4. The van der Waals surface area contributed by atoms with Gasteiger partial charge >= 0.3 is 12.1 Å². The van der Waals surface area contributed by atoms with Crippen molar-refractivity contribution in [1.29, 1.82) is 0 Å². The van der Waals surface area contributed by atoms with Gasteiger partial charge in [0.25, 0.3) is 0 Å². The van der Waals surface area contributed by atoms with E-state index in [1.807, 2.05) is 6.92 Å². The number of benzene rings is 3. The molecule has 16 heteroatoms. The molecule has 6 aliphatic rings. The van der Waals surface area contributed by atoms with Crippen LogP contribution in [0.2, 0.25) is 0 Å². The fourth-order valence-electron chi connectivity index (χ4n) is 10.7. The van der Waals surface area contributed by atoms with Crippen molar-refractivity contribution < 1.29 is 77.0 Å². The summed E-state index contributed by atoms with van der Waals surface area (Å²) in [5.74, 6) is -1.70. The predicted molar refractivity (Wildman–Crippen MR) is 239 cm³/mol. The minimum Gasteiger partial charge on any atom is -0.507 e. The van der Waals surface area contributed by atoms with Crippen LogP contribution in [0.4, 0.5) is 4.79 Å². The number of aryl methyl sites for hydroxylation is 1. The lowest BCUT2D eigenvalue weighted by atomic mass is 9.66. The molecule has 3 saturated heterocycles. The number of allylic oxidation sites excluding steroid dienone is 3. The summed E-state index contributed by atoms with van der Waals surface area (Å²) < 4.78 is 65.4. The van der Waals surface area contributed by atoms with Crippen LogP contribution in [0.1, 0.15) is 106 Å². The molecule has 9 rings (SSSR count). The third kappa shape index (κ3) is 8.95. The van der Waals surface area contributed by atoms with Crippen molar-refractivity contribution in [2.75, 3.05) is 34.2 Å². The molecular weight excluding hydrogens is 869 g/mol. The first-order valence-electron chi connectivity index (χ1n) is 23.2. The quantitative estimate of drug-likeness (QED) is 0.0653. The molecule has 0 aromatic heterocycles. The number of ether oxygens (including phenoxy) is 11. The zero-order valence-electron chi connectivity index (χ0n) is 38.7. The number of aliphatic hydroxyl groups excluding tert-OH is 2. The fraction of sp³-hybridized carbons (Fsp3) is 0.529. The highest BCUT2D eigenvalue weighted by molar-refractivity contribution is 5.79. The van der Waals surface area contributed by atoms with E-state index in [4.69, 9.17) is 52.1 Å². The summed E-state index contributed by atoms with van der Waals surface area (Å²) >= 11 is 0. The summed E-state index contributed by atoms with van der Waals surface area (Å²) in [6.07, 6.45) is -0.883. The average Bonchev–Trinajstić information content (AvgIpc) is 3.93. The van der Waals surface area contributed by atoms with E-state index in [0.29, 0.717) is 40.2 Å². The number of hydrogen-bond donors (Lipinski definition) is 3. The van der Waals surface area contributed by atoms with Crippen molar-refractivity contribution in [3.63, 3.8) is 0 Å². The van der Waals surface area contributed by atoms with E-state index in [9.17, 15) is 24.9 Å². The highest BCUT2D eigenvalue weighted by Crippen LogP contribution is 2.57. The number of unbranched alkanes of at least 4 members (excludes halogenated alkanes) is 2. The Balaban J connectivity index is 1.05. The first-order valence-corrected chi connectivity index (χ1v) is 23.2. The Morgan fingerprint density at radius 1 is 0.896 bits per heavy atom. The molecule has 0 spiro atoms. The molecule has 0 amide bonds. The molecular formula is C51H60O16. The molecule has 3 aromatic rings. The van der Waals surface area contributed by atoms with E-state index >= 15 is 0 Å². The van der Waals surface area contributed by atoms with Gasteiger partial charge in [0.2, 0.25) is 12.5 Å². The maximum absolute atomic E-state index is 14.1. The Bertz CT molecular complexity index is 2380. The Labute approximate surface area is 389 Å². The van der Waals surface area contributed by atoms with Gasteiger partial charge in [-0.3, -0.25) is 4.79 Å². The zero-order chi connectivity index (χ0) is 47.3. The van der Waals surface area contributed by atoms with Crippen molar-refractivity contribution in [2.24, 2.45) is 17.8 Å². The normalized spacial score (nSPS) is 30.6. The van der Waals surface area contributed by atoms with Gasteiger partial charge in [0, 0.05) is 23.3 Å². The van der Waals surface area contributed by atoms with Crippen LogP contribution in [0.5, 0.6) is 40.2 Å². The Kier molecular flexibility index (Phi) is 13.5. The largest absolute Gasteiger partial charge is 0.519 e. The Hall–Kier alpha value is -5.36. The van der Waals surface area contributed by atoms with Gasteiger partial charge in [0.15, 0.2) is 35.6 Å². The lowest BCUT2D eigenvalue weighted by Gasteiger charge is -2.47. The highest BCUT2D eigenvalue weighted by atomic mass is 16.8. The minimum absolute atomic E-state index is 0.00825. The molecule has 0 bridgehead atoms. The monoisotopic (exact) mass is 928 g/mol. The summed E-state index contributed by atoms with van der Waals surface area (Å²) in [6, 6.07) is 10.5. The number of rotatable bonds is 13. The van der Waals surface area contributed by atoms with Crippen molar-refractivity contribution in [1.82, 2.24) is 0 Å². The topological polar surface area (TPSA) is 196 Å². The molecule has 3 N–H and O–H groups in total. The van der Waals surface area contributed by atoms with Gasteiger partial charge in [-0.15, -0.1) is 0 Å². The molecule has 360 valence electrons. The van der Waals surface area contributed by atoms with Gasteiger partial charge in [-0.1, -0.05) is 43.6 Å². The number of aromatic hydroxyl groups is 1. The number of fused-ring (bicyclic) bond motifs is 4. The standard InChI is InChI=1S/C51H60O16/c1-8-9-10-11-27-15-34(52)42(30-14-25(4)12-13-29(30)24(2)3)37(16-27)65-51(56)67-47-38(57-6)17-28(18-39(47)58-7)41-31-19-35-36(62-23-61-35)20-32(31)46(33-21-60-49(55)43(33)41)66-50-45(54)44(53)48-40(64-50)22-59-26(5)63-48/h14-20,26,29-30,33,40-41,43-46,48,50,52-54H,2,8-13,21-23H2,1,3-7H3/t26-,29?,30?,33+,40-,41-,43+,44-,45-,46-,48-,50?/m1/s1. The third-order valence-corrected chi connectivity index (χ3v) is 14.1. The Morgan fingerprint density at radius 2 is 1.63 bits per heavy atom. The first kappa shape index (κ1) is 46.7. The van der Waals surface area contributed by atoms with Crippen LogP contribution in [-0.4, -0.2) is 98.7 Å². The van der Waals surface area contributed by atoms with E-state index in [1.165, 1.54) is 14.2 Å². The molecule has 12 atom stereocenters. The molecule has 3 fully saturated rings. The summed E-state index contributed by atoms with van der Waals surface area (Å²) in [6.45, 7) is 12.2. The molecule has 4 aliphatic heterocycles. The van der Waals surface area contributed by atoms with Crippen molar-refractivity contribution in [2.45, 2.75) is 121 Å². The van der Waals surface area contributed by atoms with Crippen molar-refractivity contribution in [3.8, 4) is 40.2 Å². The van der Waals surface area contributed by atoms with E-state index in [1.54, 1.807) is 43.3 Å². The van der Waals surface area contributed by atoms with Gasteiger partial charge in [-0.05, 0) is 111 Å². The van der Waals surface area contributed by atoms with Crippen LogP contribution in [0.3, 0.4) is 0 Å². The summed E-state index contributed by atoms with van der Waals surface area (Å²) in [5.41, 5.74) is 5.22. The molecule has 67 heavy (non-hydrogen) atoms. The molecule has 3 aromatic carbocycles. The second kappa shape index (κ2) is 19.3. The summed E-state index contributed by atoms with van der Waals surface area (Å²) in [4.78, 5) is 28.1. The lowest BCUT2D eigenvalue weighted by Crippen LogP contribution is -2.63. The number of esters is 1. The van der Waals surface area contributed by atoms with Crippen LogP contribution >= 0.6 is 0 Å². The van der Waals surface area contributed by atoms with Crippen molar-refractivity contribution >= 4 is 12.1 Å². The van der Waals surface area contributed by atoms with Gasteiger partial charge < -0.3 is 67.4 Å². The van der Waals surface area contributed by atoms with Gasteiger partial charge in [-0.25, -0.2) is 4.79 Å². The number of phenolic OH excluding ortho intramolecular Hbond substituents is 1.